The van der Waals surface area contributed by atoms with Crippen LogP contribution >= 0.6 is 0 Å². The largest absolute Gasteiger partial charge is 0.411 e. The molecule has 31 heavy (non-hydrogen) atoms. The Bertz CT molecular complexity index is 1100. The quantitative estimate of drug-likeness (QED) is 0.609. The summed E-state index contributed by atoms with van der Waals surface area (Å²) < 4.78 is 42.8. The maximum atomic E-state index is 13.0. The maximum absolute atomic E-state index is 13.0. The third-order valence-corrected chi connectivity index (χ3v) is 5.24. The molecule has 1 aliphatic carbocycles. The Morgan fingerprint density at radius 1 is 1.23 bits per heavy atom. The number of ether oxygens (including phenoxy) is 1. The number of carbonyl (C=O) groups excluding carboxylic acids is 1. The molecule has 2 aromatic heterocycles. The predicted octanol–water partition coefficient (Wildman–Crippen LogP) is 4.16. The Kier molecular flexibility index (Phi) is 5.70. The molecule has 0 aliphatic heterocycles. The molecule has 0 saturated heterocycles. The average Bonchev–Trinajstić information content (AvgIpc) is 3.52. The van der Waals surface area contributed by atoms with Crippen molar-refractivity contribution in [1.29, 1.82) is 0 Å². The second-order valence-corrected chi connectivity index (χ2v) is 7.88. The highest BCUT2D eigenvalue weighted by Crippen LogP contribution is 2.40. The van der Waals surface area contributed by atoms with Crippen LogP contribution in [0.2, 0.25) is 0 Å². The van der Waals surface area contributed by atoms with Crippen molar-refractivity contribution in [1.82, 2.24) is 20.1 Å². The first-order valence-corrected chi connectivity index (χ1v) is 10.1. The van der Waals surface area contributed by atoms with E-state index in [0.717, 1.165) is 35.2 Å². The molecule has 0 radical (unpaired) electrons. The summed E-state index contributed by atoms with van der Waals surface area (Å²) in [6, 6.07) is 8.78. The van der Waals surface area contributed by atoms with Gasteiger partial charge in [-0.2, -0.15) is 18.3 Å². The van der Waals surface area contributed by atoms with Gasteiger partial charge in [-0.05, 0) is 37.0 Å². The fraction of sp³-hybridized carbons (Fsp3) is 0.409. The van der Waals surface area contributed by atoms with Gasteiger partial charge in [0.25, 0.3) is 5.91 Å². The summed E-state index contributed by atoms with van der Waals surface area (Å²) in [7, 11) is 1.82. The smallest absolute Gasteiger partial charge is 0.367 e. The highest BCUT2D eigenvalue weighted by atomic mass is 19.4. The normalized spacial score (nSPS) is 14.2. The van der Waals surface area contributed by atoms with E-state index >= 15 is 0 Å². The van der Waals surface area contributed by atoms with Gasteiger partial charge < -0.3 is 10.1 Å². The monoisotopic (exact) mass is 432 g/mol. The van der Waals surface area contributed by atoms with E-state index in [1.807, 2.05) is 20.0 Å². The minimum atomic E-state index is -4.34. The van der Waals surface area contributed by atoms with Gasteiger partial charge in [0.2, 0.25) is 0 Å². The first-order chi connectivity index (χ1) is 14.7. The Labute approximate surface area is 177 Å². The van der Waals surface area contributed by atoms with Crippen LogP contribution in [-0.4, -0.2) is 33.5 Å². The number of rotatable bonds is 7. The topological polar surface area (TPSA) is 69.0 Å². The molecule has 1 aliphatic rings. The molecule has 1 saturated carbocycles. The van der Waals surface area contributed by atoms with E-state index in [2.05, 4.69) is 15.2 Å². The molecule has 164 valence electrons. The average molecular weight is 432 g/mol. The number of aromatic nitrogens is 3. The zero-order chi connectivity index (χ0) is 22.2. The summed E-state index contributed by atoms with van der Waals surface area (Å²) >= 11 is 0. The summed E-state index contributed by atoms with van der Waals surface area (Å²) in [5.41, 5.74) is 4.41. The maximum Gasteiger partial charge on any atom is 0.411 e. The van der Waals surface area contributed by atoms with Crippen molar-refractivity contribution < 1.29 is 22.7 Å². The molecular formula is C22H23F3N4O2. The zero-order valence-electron chi connectivity index (χ0n) is 17.3. The molecule has 1 fully saturated rings. The van der Waals surface area contributed by atoms with Gasteiger partial charge in [-0.15, -0.1) is 0 Å². The molecule has 1 amide bonds. The van der Waals surface area contributed by atoms with E-state index in [1.54, 1.807) is 28.9 Å². The Hall–Kier alpha value is -2.94. The lowest BCUT2D eigenvalue weighted by atomic mass is 10.1. The van der Waals surface area contributed by atoms with Crippen LogP contribution in [0.15, 0.2) is 30.3 Å². The molecule has 1 aromatic carbocycles. The zero-order valence-corrected chi connectivity index (χ0v) is 17.3. The van der Waals surface area contributed by atoms with Crippen molar-refractivity contribution >= 4 is 16.9 Å². The Morgan fingerprint density at radius 3 is 2.55 bits per heavy atom. The van der Waals surface area contributed by atoms with Gasteiger partial charge in [-0.1, -0.05) is 24.3 Å². The van der Waals surface area contributed by atoms with Crippen molar-refractivity contribution in [2.45, 2.75) is 45.0 Å². The van der Waals surface area contributed by atoms with Crippen molar-refractivity contribution in [2.24, 2.45) is 7.05 Å². The van der Waals surface area contributed by atoms with E-state index < -0.39 is 12.8 Å². The molecular weight excluding hydrogens is 409 g/mol. The lowest BCUT2D eigenvalue weighted by Gasteiger charge is -2.10. The molecule has 4 rings (SSSR count). The number of hydrogen-bond acceptors (Lipinski definition) is 4. The lowest BCUT2D eigenvalue weighted by molar-refractivity contribution is -0.176. The fourth-order valence-corrected chi connectivity index (χ4v) is 3.55. The molecule has 0 bridgehead atoms. The molecule has 1 N–H and O–H groups in total. The highest BCUT2D eigenvalue weighted by Gasteiger charge is 2.29. The standard InChI is InChI=1S/C22H23F3N4O2/c1-13-19-17(9-18(16-7-8-16)27-20(19)29(2)28-13)21(30)26-10-14-3-5-15(6-4-14)11-31-12-22(23,24)25/h3-6,9,16H,7-8,10-12H2,1-2H3,(H,26,30). The predicted molar refractivity (Wildman–Crippen MR) is 109 cm³/mol. The SMILES string of the molecule is Cc1nn(C)c2nc(C3CC3)cc(C(=O)NCc3ccc(COCC(F)(F)F)cc3)c12. The van der Waals surface area contributed by atoms with Crippen LogP contribution in [0.4, 0.5) is 13.2 Å². The van der Waals surface area contributed by atoms with Crippen LogP contribution in [0.25, 0.3) is 11.0 Å². The molecule has 6 nitrogen and oxygen atoms in total. The van der Waals surface area contributed by atoms with Crippen LogP contribution in [-0.2, 0) is 24.9 Å². The highest BCUT2D eigenvalue weighted by molar-refractivity contribution is 6.06. The van der Waals surface area contributed by atoms with Crippen LogP contribution in [0, 0.1) is 6.92 Å². The van der Waals surface area contributed by atoms with Gasteiger partial charge in [-0.3, -0.25) is 9.48 Å². The van der Waals surface area contributed by atoms with E-state index in [1.165, 1.54) is 0 Å². The number of halogens is 3. The van der Waals surface area contributed by atoms with Crippen molar-refractivity contribution in [2.75, 3.05) is 6.61 Å². The summed E-state index contributed by atoms with van der Waals surface area (Å²) in [6.07, 6.45) is -2.18. The number of aryl methyl sites for hydroxylation is 2. The number of hydrogen-bond donors (Lipinski definition) is 1. The summed E-state index contributed by atoms with van der Waals surface area (Å²) in [5.74, 6) is 0.196. The van der Waals surface area contributed by atoms with Gasteiger partial charge >= 0.3 is 6.18 Å². The molecule has 0 unspecified atom stereocenters. The number of amides is 1. The summed E-state index contributed by atoms with van der Waals surface area (Å²) in [6.45, 7) is 0.759. The van der Waals surface area contributed by atoms with Crippen molar-refractivity contribution in [3.05, 3.63) is 58.4 Å². The van der Waals surface area contributed by atoms with Crippen LogP contribution < -0.4 is 5.32 Å². The van der Waals surface area contributed by atoms with E-state index in [4.69, 9.17) is 4.98 Å². The van der Waals surface area contributed by atoms with Gasteiger partial charge in [0.1, 0.15) is 6.61 Å². The van der Waals surface area contributed by atoms with Crippen LogP contribution in [0.5, 0.6) is 0 Å². The van der Waals surface area contributed by atoms with E-state index in [-0.39, 0.29) is 12.5 Å². The number of nitrogens with zero attached hydrogens (tertiary/aromatic N) is 3. The minimum absolute atomic E-state index is 0.120. The number of nitrogens with one attached hydrogen (secondary N) is 1. The number of benzene rings is 1. The molecule has 0 atom stereocenters. The van der Waals surface area contributed by atoms with Gasteiger partial charge in [0.05, 0.1) is 23.3 Å². The van der Waals surface area contributed by atoms with Crippen molar-refractivity contribution in [3.8, 4) is 0 Å². The fourth-order valence-electron chi connectivity index (χ4n) is 3.55. The molecule has 3 aromatic rings. The second kappa shape index (κ2) is 8.30. The first kappa shape index (κ1) is 21.3. The van der Waals surface area contributed by atoms with Gasteiger partial charge in [0.15, 0.2) is 5.65 Å². The third-order valence-electron chi connectivity index (χ3n) is 5.24. The summed E-state index contributed by atoms with van der Waals surface area (Å²) in [5, 5.41) is 8.09. The van der Waals surface area contributed by atoms with E-state index in [9.17, 15) is 18.0 Å². The van der Waals surface area contributed by atoms with Crippen LogP contribution in [0.3, 0.4) is 0 Å². The van der Waals surface area contributed by atoms with Gasteiger partial charge in [0, 0.05) is 25.2 Å². The van der Waals surface area contributed by atoms with Gasteiger partial charge in [-0.25, -0.2) is 4.98 Å². The van der Waals surface area contributed by atoms with Crippen molar-refractivity contribution in [3.63, 3.8) is 0 Å². The lowest BCUT2D eigenvalue weighted by Crippen LogP contribution is -2.23. The first-order valence-electron chi connectivity index (χ1n) is 10.1. The number of fused-ring (bicyclic) bond motifs is 1. The second-order valence-electron chi connectivity index (χ2n) is 7.88. The van der Waals surface area contributed by atoms with Crippen LogP contribution in [0.1, 0.15) is 51.6 Å². The minimum Gasteiger partial charge on any atom is -0.367 e. The Morgan fingerprint density at radius 2 is 1.90 bits per heavy atom. The Balaban J connectivity index is 1.44. The number of carbonyl (C=O) groups is 1. The number of pyridine rings is 1. The van der Waals surface area contributed by atoms with E-state index in [0.29, 0.717) is 29.2 Å². The molecule has 9 heteroatoms. The third kappa shape index (κ3) is 5.04. The molecule has 0 spiro atoms. The number of alkyl halides is 3. The molecule has 2 heterocycles. The summed E-state index contributed by atoms with van der Waals surface area (Å²) in [4.78, 5) is 17.7.